The van der Waals surface area contributed by atoms with Gasteiger partial charge in [-0.2, -0.15) is 0 Å². The van der Waals surface area contributed by atoms with Crippen LogP contribution in [0.4, 0.5) is 11.4 Å². The third-order valence-electron chi connectivity index (χ3n) is 4.11. The van der Waals surface area contributed by atoms with E-state index >= 15 is 0 Å². The van der Waals surface area contributed by atoms with Crippen molar-refractivity contribution in [2.75, 3.05) is 17.7 Å². The summed E-state index contributed by atoms with van der Waals surface area (Å²) >= 11 is 0. The Bertz CT molecular complexity index is 1080. The van der Waals surface area contributed by atoms with Gasteiger partial charge in [0.1, 0.15) is 11.5 Å². The van der Waals surface area contributed by atoms with Gasteiger partial charge in [0.25, 0.3) is 11.8 Å². The summed E-state index contributed by atoms with van der Waals surface area (Å²) in [6.45, 7) is 1.29. The van der Waals surface area contributed by atoms with Crippen LogP contribution in [0, 0.1) is 0 Å². The summed E-state index contributed by atoms with van der Waals surface area (Å²) in [5.41, 5.74) is 1.89. The van der Waals surface area contributed by atoms with Gasteiger partial charge >= 0.3 is 5.97 Å². The van der Waals surface area contributed by atoms with E-state index in [0.717, 1.165) is 0 Å². The molecule has 0 spiro atoms. The van der Waals surface area contributed by atoms with Crippen molar-refractivity contribution >= 4 is 29.2 Å². The maximum Gasteiger partial charge on any atom is 0.308 e. The van der Waals surface area contributed by atoms with Crippen LogP contribution in [-0.2, 0) is 4.79 Å². The fourth-order valence-corrected chi connectivity index (χ4v) is 2.74. The molecule has 2 N–H and O–H groups in total. The van der Waals surface area contributed by atoms with Crippen molar-refractivity contribution in [3.05, 3.63) is 83.9 Å². The van der Waals surface area contributed by atoms with Gasteiger partial charge in [0.2, 0.25) is 0 Å². The average Bonchev–Trinajstić information content (AvgIpc) is 2.74. The van der Waals surface area contributed by atoms with Crippen LogP contribution in [0.15, 0.2) is 72.8 Å². The van der Waals surface area contributed by atoms with Gasteiger partial charge in [0.15, 0.2) is 0 Å². The minimum Gasteiger partial charge on any atom is -0.496 e. The van der Waals surface area contributed by atoms with Gasteiger partial charge in [-0.3, -0.25) is 14.4 Å². The zero-order valence-electron chi connectivity index (χ0n) is 16.5. The maximum atomic E-state index is 12.5. The summed E-state index contributed by atoms with van der Waals surface area (Å²) in [5.74, 6) is -0.334. The van der Waals surface area contributed by atoms with Gasteiger partial charge < -0.3 is 20.1 Å². The zero-order valence-corrected chi connectivity index (χ0v) is 16.5. The summed E-state index contributed by atoms with van der Waals surface area (Å²) in [6.07, 6.45) is 0. The first-order chi connectivity index (χ1) is 14.5. The number of anilines is 2. The molecule has 0 bridgehead atoms. The number of benzene rings is 3. The Hall–Kier alpha value is -4.13. The Balaban J connectivity index is 1.65. The number of carbonyl (C=O) groups excluding carboxylic acids is 3. The van der Waals surface area contributed by atoms with E-state index in [-0.39, 0.29) is 11.8 Å². The molecule has 30 heavy (non-hydrogen) atoms. The molecule has 0 heterocycles. The monoisotopic (exact) mass is 404 g/mol. The molecular formula is C23H20N2O5. The Morgan fingerprint density at radius 3 is 2.03 bits per heavy atom. The maximum absolute atomic E-state index is 12.5. The molecule has 3 rings (SSSR count). The van der Waals surface area contributed by atoms with Crippen molar-refractivity contribution in [1.82, 2.24) is 0 Å². The first-order valence-electron chi connectivity index (χ1n) is 9.10. The summed E-state index contributed by atoms with van der Waals surface area (Å²) < 4.78 is 10.2. The largest absolute Gasteiger partial charge is 0.496 e. The molecule has 7 nitrogen and oxygen atoms in total. The molecule has 0 radical (unpaired) electrons. The lowest BCUT2D eigenvalue weighted by Gasteiger charge is -2.10. The summed E-state index contributed by atoms with van der Waals surface area (Å²) in [5, 5.41) is 5.55. The van der Waals surface area contributed by atoms with Crippen LogP contribution in [0.3, 0.4) is 0 Å². The second-order valence-electron chi connectivity index (χ2n) is 6.31. The number of para-hydroxylation sites is 1. The molecule has 0 aliphatic heterocycles. The van der Waals surface area contributed by atoms with E-state index in [2.05, 4.69) is 10.6 Å². The van der Waals surface area contributed by atoms with Gasteiger partial charge in [0, 0.05) is 23.9 Å². The lowest BCUT2D eigenvalue weighted by atomic mass is 10.1. The van der Waals surface area contributed by atoms with Gasteiger partial charge in [0.05, 0.1) is 12.7 Å². The third-order valence-corrected chi connectivity index (χ3v) is 4.11. The smallest absolute Gasteiger partial charge is 0.308 e. The Morgan fingerprint density at radius 1 is 0.767 bits per heavy atom. The van der Waals surface area contributed by atoms with Gasteiger partial charge in [-0.15, -0.1) is 0 Å². The molecule has 0 fully saturated rings. The van der Waals surface area contributed by atoms with E-state index in [1.54, 1.807) is 66.7 Å². The molecule has 3 aromatic carbocycles. The van der Waals surface area contributed by atoms with E-state index in [4.69, 9.17) is 9.47 Å². The SMILES string of the molecule is COc1ccccc1C(=O)Nc1ccc(NC(=O)c2cccc(OC(C)=O)c2)cc1. The van der Waals surface area contributed by atoms with E-state index in [1.807, 2.05) is 0 Å². The minimum absolute atomic E-state index is 0.296. The van der Waals surface area contributed by atoms with Crippen LogP contribution in [0.1, 0.15) is 27.6 Å². The number of amides is 2. The summed E-state index contributed by atoms with van der Waals surface area (Å²) in [4.78, 5) is 35.9. The molecule has 0 unspecified atom stereocenters. The molecule has 7 heteroatoms. The topological polar surface area (TPSA) is 93.7 Å². The lowest BCUT2D eigenvalue weighted by molar-refractivity contribution is -0.131. The Kier molecular flexibility index (Phi) is 6.44. The quantitative estimate of drug-likeness (QED) is 0.476. The molecule has 0 saturated heterocycles. The molecule has 0 saturated carbocycles. The number of hydrogen-bond donors (Lipinski definition) is 2. The Morgan fingerprint density at radius 2 is 1.40 bits per heavy atom. The van der Waals surface area contributed by atoms with E-state index < -0.39 is 5.97 Å². The van der Waals surface area contributed by atoms with E-state index in [1.165, 1.54) is 20.1 Å². The van der Waals surface area contributed by atoms with Crippen LogP contribution in [0.5, 0.6) is 11.5 Å². The van der Waals surface area contributed by atoms with Crippen LogP contribution in [0.25, 0.3) is 0 Å². The summed E-state index contributed by atoms with van der Waals surface area (Å²) in [7, 11) is 1.51. The average molecular weight is 404 g/mol. The molecule has 0 aliphatic carbocycles. The number of carbonyl (C=O) groups is 3. The molecule has 0 aromatic heterocycles. The van der Waals surface area contributed by atoms with E-state index in [0.29, 0.717) is 34.0 Å². The van der Waals surface area contributed by atoms with Gasteiger partial charge in [-0.25, -0.2) is 0 Å². The second kappa shape index (κ2) is 9.38. The highest BCUT2D eigenvalue weighted by atomic mass is 16.5. The highest BCUT2D eigenvalue weighted by molar-refractivity contribution is 6.07. The van der Waals surface area contributed by atoms with Crippen molar-refractivity contribution < 1.29 is 23.9 Å². The van der Waals surface area contributed by atoms with Crippen molar-refractivity contribution in [2.24, 2.45) is 0 Å². The Labute approximate surface area is 173 Å². The van der Waals surface area contributed by atoms with Crippen molar-refractivity contribution in [1.29, 1.82) is 0 Å². The second-order valence-corrected chi connectivity index (χ2v) is 6.31. The fraction of sp³-hybridized carbons (Fsp3) is 0.0870. The van der Waals surface area contributed by atoms with Crippen LogP contribution in [-0.4, -0.2) is 24.9 Å². The highest BCUT2D eigenvalue weighted by Gasteiger charge is 2.12. The van der Waals surface area contributed by atoms with Gasteiger partial charge in [-0.1, -0.05) is 18.2 Å². The van der Waals surface area contributed by atoms with Gasteiger partial charge in [-0.05, 0) is 54.6 Å². The molecule has 152 valence electrons. The number of esters is 1. The number of rotatable bonds is 6. The molecule has 0 atom stereocenters. The highest BCUT2D eigenvalue weighted by Crippen LogP contribution is 2.21. The van der Waals surface area contributed by atoms with Crippen LogP contribution < -0.4 is 20.1 Å². The number of hydrogen-bond acceptors (Lipinski definition) is 5. The van der Waals surface area contributed by atoms with Crippen molar-refractivity contribution in [2.45, 2.75) is 6.92 Å². The molecule has 0 aliphatic rings. The first-order valence-corrected chi connectivity index (χ1v) is 9.10. The summed E-state index contributed by atoms with van der Waals surface area (Å²) in [6, 6.07) is 20.0. The molecule has 3 aromatic rings. The predicted octanol–water partition coefficient (Wildman–Crippen LogP) is 4.13. The zero-order chi connectivity index (χ0) is 21.5. The van der Waals surface area contributed by atoms with Crippen molar-refractivity contribution in [3.8, 4) is 11.5 Å². The van der Waals surface area contributed by atoms with E-state index in [9.17, 15) is 14.4 Å². The minimum atomic E-state index is -0.460. The molecule has 2 amide bonds. The molecular weight excluding hydrogens is 384 g/mol. The predicted molar refractivity (Wildman–Crippen MR) is 113 cm³/mol. The van der Waals surface area contributed by atoms with Crippen molar-refractivity contribution in [3.63, 3.8) is 0 Å². The third kappa shape index (κ3) is 5.23. The number of nitrogens with one attached hydrogen (secondary N) is 2. The first kappa shape index (κ1) is 20.6. The fourth-order valence-electron chi connectivity index (χ4n) is 2.74. The normalized spacial score (nSPS) is 10.1. The number of ether oxygens (including phenoxy) is 2. The van der Waals surface area contributed by atoms with Crippen LogP contribution >= 0.6 is 0 Å². The lowest BCUT2D eigenvalue weighted by Crippen LogP contribution is -2.14. The standard InChI is InChI=1S/C23H20N2O5/c1-15(26)30-19-7-5-6-16(14-19)22(27)24-17-10-12-18(13-11-17)25-23(28)20-8-3-4-9-21(20)29-2/h3-14H,1-2H3,(H,24,27)(H,25,28). The van der Waals surface area contributed by atoms with Crippen LogP contribution in [0.2, 0.25) is 0 Å². The number of methoxy groups -OCH3 is 1.